The van der Waals surface area contributed by atoms with Gasteiger partial charge in [-0.25, -0.2) is 4.39 Å². The molecule has 45 heavy (non-hydrogen) atoms. The number of halogens is 1. The lowest BCUT2D eigenvalue weighted by molar-refractivity contribution is -0.148. The zero-order valence-corrected chi connectivity index (χ0v) is 24.8. The van der Waals surface area contributed by atoms with Crippen LogP contribution in [-0.2, 0) is 33.8 Å². The molecule has 0 radical (unpaired) electrons. The van der Waals surface area contributed by atoms with Gasteiger partial charge in [0.25, 0.3) is 5.91 Å². The van der Waals surface area contributed by atoms with Crippen molar-refractivity contribution in [1.82, 2.24) is 9.80 Å². The highest BCUT2D eigenvalue weighted by atomic mass is 19.1. The van der Waals surface area contributed by atoms with Gasteiger partial charge in [0.2, 0.25) is 11.7 Å². The largest absolute Gasteiger partial charge is 0.510 e. The molecular weight excluding hydrogens is 587 g/mol. The molecule has 2 aromatic rings. The third-order valence-corrected chi connectivity index (χ3v) is 9.68. The van der Waals surface area contributed by atoms with Crippen LogP contribution in [0.25, 0.3) is 0 Å². The van der Waals surface area contributed by atoms with Crippen molar-refractivity contribution in [2.45, 2.75) is 43.5 Å². The quantitative estimate of drug-likeness (QED) is 0.214. The minimum absolute atomic E-state index is 0.0138. The minimum atomic E-state index is -2.81. The first-order valence-corrected chi connectivity index (χ1v) is 14.5. The molecule has 7 N–H and O–H groups in total. The number of phenolic OH excluding ortho intramolecular Hbond substituents is 1. The summed E-state index contributed by atoms with van der Waals surface area (Å²) in [6, 6.07) is 7.33. The number of aliphatic hydroxyl groups excluding tert-OH is 2. The van der Waals surface area contributed by atoms with Gasteiger partial charge in [-0.05, 0) is 51.9 Å². The van der Waals surface area contributed by atoms with E-state index in [0.29, 0.717) is 6.42 Å². The molecule has 0 aromatic heterocycles. The fraction of sp³-hybridized carbons (Fsp3) is 0.375. The van der Waals surface area contributed by atoms with Gasteiger partial charge in [0.15, 0.2) is 17.1 Å². The second-order valence-electron chi connectivity index (χ2n) is 12.4. The topological polar surface area (TPSA) is 194 Å². The number of ketones is 2. The number of aromatic hydroxyl groups is 1. The summed E-state index contributed by atoms with van der Waals surface area (Å²) in [5.74, 6) is -9.66. The Bertz CT molecular complexity index is 1750. The maximum absolute atomic E-state index is 16.4. The van der Waals surface area contributed by atoms with Gasteiger partial charge in [-0.2, -0.15) is 0 Å². The number of nitrogens with zero attached hydrogens (tertiary/aromatic N) is 2. The number of hydrogen-bond acceptors (Lipinski definition) is 10. The average Bonchev–Trinajstić information content (AvgIpc) is 3.09. The van der Waals surface area contributed by atoms with Crippen molar-refractivity contribution in [3.05, 3.63) is 81.1 Å². The zero-order valence-electron chi connectivity index (χ0n) is 24.8. The number of carbonyl (C=O) groups is 4. The summed E-state index contributed by atoms with van der Waals surface area (Å²) < 4.78 is 16.4. The molecule has 1 heterocycles. The summed E-state index contributed by atoms with van der Waals surface area (Å²) in [6.07, 6.45) is -0.0681. The second-order valence-corrected chi connectivity index (χ2v) is 12.4. The number of carbonyl (C=O) groups excluding carboxylic acids is 4. The number of benzene rings is 2. The first kappa shape index (κ1) is 30.4. The standard InChI is InChI=1S/C32H33FN4O8/c1-36(2)24-17-11-14-10-15-20(25(38)19(14)28(41)32(17,45)29(42)21(27(24)40)30(34)43)26(39)23-16(22(15)33)12-37(3)18(31(44)35-23)9-13-7-5-4-6-8-13/h4-8,14,17-18,24,39-41,45H,9-12H2,1-3H3,(H2,34,43)(H,35,44)/t14-,17-,18+,24-,32-/m0/s1. The molecule has 1 aliphatic heterocycles. The Morgan fingerprint density at radius 3 is 2.42 bits per heavy atom. The number of likely N-dealkylation sites (N-methyl/N-ethyl adjacent to an activating group) is 2. The Labute approximate surface area is 257 Å². The summed E-state index contributed by atoms with van der Waals surface area (Å²) in [7, 11) is 4.71. The highest BCUT2D eigenvalue weighted by Gasteiger charge is 2.63. The van der Waals surface area contributed by atoms with Crippen molar-refractivity contribution in [3.63, 3.8) is 0 Å². The number of nitrogens with one attached hydrogen (secondary N) is 1. The number of rotatable bonds is 4. The first-order chi connectivity index (χ1) is 21.2. The van der Waals surface area contributed by atoms with Gasteiger partial charge in [0.05, 0.1) is 23.3 Å². The Morgan fingerprint density at radius 2 is 1.80 bits per heavy atom. The molecule has 5 atom stereocenters. The van der Waals surface area contributed by atoms with E-state index in [0.717, 1.165) is 5.56 Å². The van der Waals surface area contributed by atoms with Crippen LogP contribution in [0, 0.1) is 17.7 Å². The van der Waals surface area contributed by atoms with Crippen LogP contribution >= 0.6 is 0 Å². The van der Waals surface area contributed by atoms with Gasteiger partial charge in [0.1, 0.15) is 22.9 Å². The van der Waals surface area contributed by atoms with Gasteiger partial charge in [0, 0.05) is 29.2 Å². The Kier molecular flexibility index (Phi) is 7.10. The van der Waals surface area contributed by atoms with Crippen LogP contribution in [-0.4, -0.2) is 92.4 Å². The fourth-order valence-corrected chi connectivity index (χ4v) is 7.53. The van der Waals surface area contributed by atoms with Crippen LogP contribution < -0.4 is 11.1 Å². The Morgan fingerprint density at radius 1 is 1.13 bits per heavy atom. The van der Waals surface area contributed by atoms with Gasteiger partial charge in [-0.3, -0.25) is 29.0 Å². The number of aliphatic hydroxyl groups is 3. The smallest absolute Gasteiger partial charge is 0.255 e. The van der Waals surface area contributed by atoms with Crippen molar-refractivity contribution < 1.29 is 44.0 Å². The van der Waals surface area contributed by atoms with Crippen LogP contribution in [0.1, 0.15) is 33.5 Å². The van der Waals surface area contributed by atoms with E-state index in [4.69, 9.17) is 5.73 Å². The predicted octanol–water partition coefficient (Wildman–Crippen LogP) is 1.25. The van der Waals surface area contributed by atoms with Gasteiger partial charge in [-0.15, -0.1) is 0 Å². The van der Waals surface area contributed by atoms with Gasteiger partial charge < -0.3 is 31.5 Å². The van der Waals surface area contributed by atoms with E-state index in [2.05, 4.69) is 5.32 Å². The summed E-state index contributed by atoms with van der Waals surface area (Å²) in [5.41, 5.74) is 1.16. The molecular formula is C32H33FN4O8. The van der Waals surface area contributed by atoms with E-state index < -0.39 is 92.7 Å². The number of nitrogens with two attached hydrogens (primary N) is 1. The highest BCUT2D eigenvalue weighted by Crippen LogP contribution is 2.53. The van der Waals surface area contributed by atoms with Crippen LogP contribution in [0.4, 0.5) is 10.1 Å². The molecule has 236 valence electrons. The summed E-state index contributed by atoms with van der Waals surface area (Å²) in [5, 5.41) is 48.1. The van der Waals surface area contributed by atoms with E-state index in [1.165, 1.54) is 19.0 Å². The van der Waals surface area contributed by atoms with E-state index in [9.17, 15) is 39.6 Å². The maximum atomic E-state index is 16.4. The van der Waals surface area contributed by atoms with Crippen molar-refractivity contribution in [2.24, 2.45) is 17.6 Å². The van der Waals surface area contributed by atoms with Crippen LogP contribution in [0.15, 0.2) is 53.0 Å². The third kappa shape index (κ3) is 4.29. The van der Waals surface area contributed by atoms with Crippen LogP contribution in [0.3, 0.4) is 0 Å². The molecule has 2 amide bonds. The number of hydrogen-bond donors (Lipinski definition) is 6. The van der Waals surface area contributed by atoms with Gasteiger partial charge in [-0.1, -0.05) is 30.3 Å². The molecule has 3 aliphatic carbocycles. The Balaban J connectivity index is 1.46. The molecule has 4 aliphatic rings. The molecule has 2 aromatic carbocycles. The maximum Gasteiger partial charge on any atom is 0.255 e. The molecule has 0 saturated heterocycles. The normalized spacial score (nSPS) is 28.3. The molecule has 12 nitrogen and oxygen atoms in total. The van der Waals surface area contributed by atoms with Crippen molar-refractivity contribution in [1.29, 1.82) is 0 Å². The van der Waals surface area contributed by atoms with E-state index in [1.54, 1.807) is 11.9 Å². The van der Waals surface area contributed by atoms with Crippen LogP contribution in [0.5, 0.6) is 5.75 Å². The molecule has 0 bridgehead atoms. The average molecular weight is 621 g/mol. The van der Waals surface area contributed by atoms with Gasteiger partial charge >= 0.3 is 0 Å². The number of allylic oxidation sites excluding steroid dienone is 1. The van der Waals surface area contributed by atoms with E-state index >= 15 is 4.39 Å². The zero-order chi connectivity index (χ0) is 32.7. The molecule has 0 fully saturated rings. The van der Waals surface area contributed by atoms with Crippen LogP contribution in [0.2, 0.25) is 0 Å². The van der Waals surface area contributed by atoms with Crippen molar-refractivity contribution in [3.8, 4) is 5.75 Å². The highest BCUT2D eigenvalue weighted by molar-refractivity contribution is 6.25. The van der Waals surface area contributed by atoms with E-state index in [1.807, 2.05) is 30.3 Å². The lowest BCUT2D eigenvalue weighted by Crippen LogP contribution is -2.63. The predicted molar refractivity (Wildman–Crippen MR) is 158 cm³/mol. The number of fused-ring (bicyclic) bond motifs is 4. The molecule has 13 heteroatoms. The molecule has 0 spiro atoms. The first-order valence-electron chi connectivity index (χ1n) is 14.5. The fourth-order valence-electron chi connectivity index (χ4n) is 7.53. The lowest BCUT2D eigenvalue weighted by atomic mass is 9.58. The number of primary amides is 1. The lowest BCUT2D eigenvalue weighted by Gasteiger charge is -2.50. The summed E-state index contributed by atoms with van der Waals surface area (Å²) in [4.78, 5) is 56.1. The number of amides is 2. The minimum Gasteiger partial charge on any atom is -0.510 e. The number of phenols is 1. The number of anilines is 1. The summed E-state index contributed by atoms with van der Waals surface area (Å²) in [6.45, 7) is -0.0702. The molecule has 6 rings (SSSR count). The third-order valence-electron chi connectivity index (χ3n) is 9.68. The summed E-state index contributed by atoms with van der Waals surface area (Å²) >= 11 is 0. The monoisotopic (exact) mass is 620 g/mol. The molecule has 0 unspecified atom stereocenters. The SMILES string of the molecule is CN(C)[C@@H]1C(O)=C(C(N)=O)C(=O)[C@@]2(O)C(O)=C3C(=O)c4c(O)c5c(c(F)c4C[C@H]3C[C@@H]12)CN(C)[C@H](Cc1ccccc1)C(=O)N5. The second kappa shape index (κ2) is 10.5. The van der Waals surface area contributed by atoms with Crippen molar-refractivity contribution in [2.75, 3.05) is 26.5 Å². The number of Topliss-reactive ketones (excluding diaryl/α,β-unsaturated/α-hetero) is 2. The van der Waals surface area contributed by atoms with Crippen molar-refractivity contribution >= 4 is 29.1 Å². The Hall–Kier alpha value is -4.59. The molecule has 0 saturated carbocycles. The van der Waals surface area contributed by atoms with E-state index in [-0.39, 0.29) is 36.2 Å².